The van der Waals surface area contributed by atoms with Crippen LogP contribution in [0, 0.1) is 0 Å². The van der Waals surface area contributed by atoms with Gasteiger partial charge in [-0.1, -0.05) is 25.4 Å². The minimum absolute atomic E-state index is 0.0340. The molecule has 1 amide bonds. The van der Waals surface area contributed by atoms with Gasteiger partial charge in [-0.15, -0.1) is 0 Å². The van der Waals surface area contributed by atoms with E-state index in [1.165, 1.54) is 0 Å². The summed E-state index contributed by atoms with van der Waals surface area (Å²) in [5, 5.41) is 9.88. The van der Waals surface area contributed by atoms with Crippen molar-refractivity contribution in [2.75, 3.05) is 13.2 Å². The van der Waals surface area contributed by atoms with Crippen LogP contribution in [0.1, 0.15) is 32.3 Å². The lowest BCUT2D eigenvalue weighted by molar-refractivity contribution is -0.141. The summed E-state index contributed by atoms with van der Waals surface area (Å²) >= 11 is 5.97. The number of nitrogens with zero attached hydrogens (tertiary/aromatic N) is 1. The molecule has 0 aliphatic carbocycles. The predicted molar refractivity (Wildman–Crippen MR) is 82.7 cm³/mol. The van der Waals surface area contributed by atoms with Crippen LogP contribution in [-0.4, -0.2) is 41.2 Å². The summed E-state index contributed by atoms with van der Waals surface area (Å²) in [6, 6.07) is 5.55. The fraction of sp³-hybridized carbons (Fsp3) is 0.562. The van der Waals surface area contributed by atoms with Gasteiger partial charge in [-0.25, -0.2) is 0 Å². The first-order valence-electron chi connectivity index (χ1n) is 7.47. The van der Waals surface area contributed by atoms with E-state index in [1.807, 2.05) is 6.07 Å². The van der Waals surface area contributed by atoms with Crippen LogP contribution >= 0.6 is 11.6 Å². The number of carbonyl (C=O) groups is 1. The second-order valence-electron chi connectivity index (χ2n) is 5.29. The van der Waals surface area contributed by atoms with Gasteiger partial charge in [0.05, 0.1) is 6.61 Å². The van der Waals surface area contributed by atoms with Gasteiger partial charge in [0, 0.05) is 24.0 Å². The fourth-order valence-electron chi connectivity index (χ4n) is 2.85. The normalized spacial score (nSPS) is 16.7. The van der Waals surface area contributed by atoms with Crippen LogP contribution in [0.5, 0.6) is 5.75 Å². The van der Waals surface area contributed by atoms with Gasteiger partial charge in [-0.3, -0.25) is 4.79 Å². The SMILES string of the molecule is CCC(CC)N(CCO)C(=O)C1Cc2cc(Cl)ccc2O1. The van der Waals surface area contributed by atoms with Crippen LogP contribution in [0.25, 0.3) is 0 Å². The average Bonchev–Trinajstić information content (AvgIpc) is 2.89. The van der Waals surface area contributed by atoms with Gasteiger partial charge in [-0.05, 0) is 36.6 Å². The molecular formula is C16H22ClNO3. The highest BCUT2D eigenvalue weighted by molar-refractivity contribution is 6.30. The molecule has 0 aromatic heterocycles. The molecule has 116 valence electrons. The van der Waals surface area contributed by atoms with Crippen molar-refractivity contribution in [3.8, 4) is 5.75 Å². The van der Waals surface area contributed by atoms with Gasteiger partial charge in [0.25, 0.3) is 5.91 Å². The van der Waals surface area contributed by atoms with Crippen LogP contribution in [0.4, 0.5) is 0 Å². The number of halogens is 1. The van der Waals surface area contributed by atoms with E-state index >= 15 is 0 Å². The molecule has 1 heterocycles. The number of amides is 1. The molecule has 0 saturated carbocycles. The Morgan fingerprint density at radius 1 is 1.48 bits per heavy atom. The van der Waals surface area contributed by atoms with E-state index in [9.17, 15) is 9.90 Å². The zero-order chi connectivity index (χ0) is 15.4. The Labute approximate surface area is 130 Å². The summed E-state index contributed by atoms with van der Waals surface area (Å²) in [5.41, 5.74) is 0.967. The van der Waals surface area contributed by atoms with Gasteiger partial charge >= 0.3 is 0 Å². The zero-order valence-corrected chi connectivity index (χ0v) is 13.3. The van der Waals surface area contributed by atoms with Gasteiger partial charge in [0.15, 0.2) is 6.10 Å². The molecular weight excluding hydrogens is 290 g/mol. The van der Waals surface area contributed by atoms with Crippen LogP contribution in [-0.2, 0) is 11.2 Å². The lowest BCUT2D eigenvalue weighted by Crippen LogP contribution is -2.48. The maximum atomic E-state index is 12.7. The Kier molecular flexibility index (Phi) is 5.48. The molecule has 4 nitrogen and oxygen atoms in total. The number of hydrogen-bond acceptors (Lipinski definition) is 3. The number of fused-ring (bicyclic) bond motifs is 1. The fourth-order valence-corrected chi connectivity index (χ4v) is 3.04. The van der Waals surface area contributed by atoms with Crippen LogP contribution in [0.2, 0.25) is 5.02 Å². The molecule has 1 unspecified atom stereocenters. The van der Waals surface area contributed by atoms with Crippen molar-refractivity contribution in [3.63, 3.8) is 0 Å². The highest BCUT2D eigenvalue weighted by Crippen LogP contribution is 2.32. The highest BCUT2D eigenvalue weighted by atomic mass is 35.5. The molecule has 0 bridgehead atoms. The summed E-state index contributed by atoms with van der Waals surface area (Å²) in [5.74, 6) is 0.677. The smallest absolute Gasteiger partial charge is 0.264 e. The molecule has 21 heavy (non-hydrogen) atoms. The minimum atomic E-state index is -0.509. The van der Waals surface area contributed by atoms with Crippen molar-refractivity contribution in [2.45, 2.75) is 45.3 Å². The summed E-state index contributed by atoms with van der Waals surface area (Å²) in [7, 11) is 0. The first-order chi connectivity index (χ1) is 10.1. The topological polar surface area (TPSA) is 49.8 Å². The monoisotopic (exact) mass is 311 g/mol. The van der Waals surface area contributed by atoms with E-state index in [2.05, 4.69) is 13.8 Å². The molecule has 1 atom stereocenters. The van der Waals surface area contributed by atoms with E-state index < -0.39 is 6.10 Å². The second kappa shape index (κ2) is 7.14. The summed E-state index contributed by atoms with van der Waals surface area (Å²) in [4.78, 5) is 14.5. The summed E-state index contributed by atoms with van der Waals surface area (Å²) in [6.45, 7) is 4.42. The molecule has 2 rings (SSSR count). The average molecular weight is 312 g/mol. The zero-order valence-electron chi connectivity index (χ0n) is 12.5. The lowest BCUT2D eigenvalue weighted by atomic mass is 10.1. The maximum absolute atomic E-state index is 12.7. The third-order valence-electron chi connectivity index (χ3n) is 3.98. The Hall–Kier alpha value is -1.26. The first-order valence-corrected chi connectivity index (χ1v) is 7.84. The molecule has 1 aliphatic heterocycles. The number of hydrogen-bond donors (Lipinski definition) is 1. The third-order valence-corrected chi connectivity index (χ3v) is 4.21. The second-order valence-corrected chi connectivity index (χ2v) is 5.72. The van der Waals surface area contributed by atoms with Crippen molar-refractivity contribution in [3.05, 3.63) is 28.8 Å². The number of aliphatic hydroxyl groups is 1. The van der Waals surface area contributed by atoms with Crippen molar-refractivity contribution < 1.29 is 14.6 Å². The summed E-state index contributed by atoms with van der Waals surface area (Å²) in [6.07, 6.45) is 1.77. The largest absolute Gasteiger partial charge is 0.480 e. The van der Waals surface area contributed by atoms with Crippen molar-refractivity contribution in [1.29, 1.82) is 0 Å². The van der Waals surface area contributed by atoms with Crippen molar-refractivity contribution >= 4 is 17.5 Å². The van der Waals surface area contributed by atoms with Crippen molar-refractivity contribution in [2.24, 2.45) is 0 Å². The van der Waals surface area contributed by atoms with Crippen LogP contribution < -0.4 is 4.74 Å². The molecule has 1 aromatic carbocycles. The third kappa shape index (κ3) is 3.50. The van der Waals surface area contributed by atoms with E-state index in [-0.39, 0.29) is 18.6 Å². The molecule has 1 aromatic rings. The molecule has 5 heteroatoms. The highest BCUT2D eigenvalue weighted by Gasteiger charge is 2.34. The predicted octanol–water partition coefficient (Wildman–Crippen LogP) is 2.65. The summed E-state index contributed by atoms with van der Waals surface area (Å²) < 4.78 is 5.76. The van der Waals surface area contributed by atoms with E-state index in [0.717, 1.165) is 24.2 Å². The molecule has 0 fully saturated rings. The van der Waals surface area contributed by atoms with Crippen LogP contribution in [0.3, 0.4) is 0 Å². The van der Waals surface area contributed by atoms with Gasteiger partial charge in [0.1, 0.15) is 5.75 Å². The standard InChI is InChI=1S/C16H22ClNO3/c1-3-13(4-2)18(7-8-19)16(20)15-10-11-9-12(17)5-6-14(11)21-15/h5-6,9,13,15,19H,3-4,7-8,10H2,1-2H3. The van der Waals surface area contributed by atoms with Gasteiger partial charge < -0.3 is 14.7 Å². The Balaban J connectivity index is 2.12. The first kappa shape index (κ1) is 16.1. The number of aliphatic hydroxyl groups excluding tert-OH is 1. The van der Waals surface area contributed by atoms with E-state index in [0.29, 0.717) is 18.0 Å². The number of carbonyl (C=O) groups excluding carboxylic acids is 1. The molecule has 0 saturated heterocycles. The number of rotatable bonds is 6. The number of benzene rings is 1. The molecule has 0 spiro atoms. The molecule has 1 aliphatic rings. The van der Waals surface area contributed by atoms with Gasteiger partial charge in [0.2, 0.25) is 0 Å². The van der Waals surface area contributed by atoms with Crippen molar-refractivity contribution in [1.82, 2.24) is 4.90 Å². The Bertz CT molecular complexity index is 502. The lowest BCUT2D eigenvalue weighted by Gasteiger charge is -2.31. The minimum Gasteiger partial charge on any atom is -0.480 e. The molecule has 0 radical (unpaired) electrons. The Morgan fingerprint density at radius 3 is 2.81 bits per heavy atom. The van der Waals surface area contributed by atoms with Gasteiger partial charge in [-0.2, -0.15) is 0 Å². The number of ether oxygens (including phenoxy) is 1. The van der Waals surface area contributed by atoms with E-state index in [4.69, 9.17) is 16.3 Å². The Morgan fingerprint density at radius 2 is 2.19 bits per heavy atom. The molecule has 1 N–H and O–H groups in total. The maximum Gasteiger partial charge on any atom is 0.264 e. The quantitative estimate of drug-likeness (QED) is 0.878. The van der Waals surface area contributed by atoms with E-state index in [1.54, 1.807) is 17.0 Å². The van der Waals surface area contributed by atoms with Crippen LogP contribution in [0.15, 0.2) is 18.2 Å².